The number of H-pyrrole nitrogens is 1. The Morgan fingerprint density at radius 3 is 3.29 bits per heavy atom. The average Bonchev–Trinajstić information content (AvgIpc) is 2.62. The fraction of sp³-hybridized carbons (Fsp3) is 0.500. The number of esters is 1. The zero-order valence-corrected chi connectivity index (χ0v) is 7.74. The van der Waals surface area contributed by atoms with Crippen LogP contribution < -0.4 is 5.73 Å². The summed E-state index contributed by atoms with van der Waals surface area (Å²) >= 11 is 0. The average molecular weight is 197 g/mol. The number of ether oxygens (including phenoxy) is 2. The second-order valence-electron chi connectivity index (χ2n) is 3.08. The third-order valence-electron chi connectivity index (χ3n) is 2.19. The van der Waals surface area contributed by atoms with Crippen LogP contribution in [0.1, 0.15) is 27.8 Å². The largest absolute Gasteiger partial charge is 0.464 e. The first kappa shape index (κ1) is 9.17. The molecule has 2 rings (SSSR count). The number of hydrogen-bond donors (Lipinski definition) is 2. The molecule has 6 heteroatoms. The number of aromatic amines is 1. The van der Waals surface area contributed by atoms with Crippen LogP contribution in [0.5, 0.6) is 0 Å². The maximum atomic E-state index is 11.3. The van der Waals surface area contributed by atoms with Gasteiger partial charge in [-0.05, 0) is 0 Å². The van der Waals surface area contributed by atoms with Gasteiger partial charge in [0.05, 0.1) is 32.1 Å². The first-order valence-corrected chi connectivity index (χ1v) is 4.22. The highest BCUT2D eigenvalue weighted by molar-refractivity contribution is 5.89. The maximum absolute atomic E-state index is 11.3. The van der Waals surface area contributed by atoms with Crippen LogP contribution in [0.3, 0.4) is 0 Å². The molecule has 0 saturated heterocycles. The van der Waals surface area contributed by atoms with E-state index in [1.54, 1.807) is 0 Å². The van der Waals surface area contributed by atoms with E-state index in [0.29, 0.717) is 18.8 Å². The van der Waals surface area contributed by atoms with Gasteiger partial charge in [0.25, 0.3) is 0 Å². The van der Waals surface area contributed by atoms with Crippen molar-refractivity contribution in [3.8, 4) is 0 Å². The highest BCUT2D eigenvalue weighted by Crippen LogP contribution is 2.23. The summed E-state index contributed by atoms with van der Waals surface area (Å²) < 4.78 is 9.79. The molecule has 0 saturated carbocycles. The molecule has 2 heterocycles. The molecule has 0 aliphatic carbocycles. The van der Waals surface area contributed by atoms with Crippen LogP contribution >= 0.6 is 0 Å². The Kier molecular flexibility index (Phi) is 2.22. The van der Waals surface area contributed by atoms with E-state index in [4.69, 9.17) is 10.5 Å². The molecule has 0 fully saturated rings. The molecule has 0 spiro atoms. The van der Waals surface area contributed by atoms with Crippen LogP contribution in [0.2, 0.25) is 0 Å². The quantitative estimate of drug-likeness (QED) is 0.604. The Labute approximate surface area is 80.4 Å². The SMILES string of the molecule is COC(=O)c1n[nH]c2c1COCC2N. The first-order chi connectivity index (χ1) is 6.74. The van der Waals surface area contributed by atoms with Crippen molar-refractivity contribution in [1.29, 1.82) is 0 Å². The summed E-state index contributed by atoms with van der Waals surface area (Å²) in [6.07, 6.45) is 0. The standard InChI is InChI=1S/C8H11N3O3/c1-13-8(12)7-4-2-14-3-5(9)6(4)10-11-7/h5H,2-3,9H2,1H3,(H,10,11). The van der Waals surface area contributed by atoms with Crippen molar-refractivity contribution in [2.45, 2.75) is 12.6 Å². The summed E-state index contributed by atoms with van der Waals surface area (Å²) in [6.45, 7) is 0.791. The molecule has 1 aliphatic rings. The van der Waals surface area contributed by atoms with Gasteiger partial charge in [-0.15, -0.1) is 0 Å². The zero-order valence-electron chi connectivity index (χ0n) is 7.74. The Hall–Kier alpha value is -1.40. The fourth-order valence-corrected chi connectivity index (χ4v) is 1.47. The van der Waals surface area contributed by atoms with Gasteiger partial charge in [0, 0.05) is 5.56 Å². The highest BCUT2D eigenvalue weighted by Gasteiger charge is 2.26. The summed E-state index contributed by atoms with van der Waals surface area (Å²) in [5, 5.41) is 6.59. The number of aromatic nitrogens is 2. The molecule has 1 aliphatic heterocycles. The maximum Gasteiger partial charge on any atom is 0.358 e. The molecule has 14 heavy (non-hydrogen) atoms. The van der Waals surface area contributed by atoms with Gasteiger partial charge in [-0.25, -0.2) is 4.79 Å². The summed E-state index contributed by atoms with van der Waals surface area (Å²) in [6, 6.07) is -0.246. The molecule has 6 nitrogen and oxygen atoms in total. The molecule has 0 aromatic carbocycles. The van der Waals surface area contributed by atoms with Crippen molar-refractivity contribution >= 4 is 5.97 Å². The monoisotopic (exact) mass is 197 g/mol. The smallest absolute Gasteiger partial charge is 0.358 e. The molecule has 0 radical (unpaired) electrons. The molecule has 1 aromatic rings. The van der Waals surface area contributed by atoms with Crippen molar-refractivity contribution in [2.75, 3.05) is 13.7 Å². The number of fused-ring (bicyclic) bond motifs is 1. The minimum absolute atomic E-state index is 0.246. The van der Waals surface area contributed by atoms with E-state index in [1.165, 1.54) is 7.11 Å². The molecule has 0 amide bonds. The van der Waals surface area contributed by atoms with Crippen molar-refractivity contribution in [3.05, 3.63) is 17.0 Å². The van der Waals surface area contributed by atoms with E-state index in [0.717, 1.165) is 5.69 Å². The second kappa shape index (κ2) is 3.39. The van der Waals surface area contributed by atoms with Crippen molar-refractivity contribution in [3.63, 3.8) is 0 Å². The second-order valence-corrected chi connectivity index (χ2v) is 3.08. The number of hydrogen-bond acceptors (Lipinski definition) is 5. The Morgan fingerprint density at radius 2 is 2.57 bits per heavy atom. The van der Waals surface area contributed by atoms with Crippen LogP contribution in [0, 0.1) is 0 Å². The summed E-state index contributed by atoms with van der Waals surface area (Å²) in [5.41, 5.74) is 7.48. The lowest BCUT2D eigenvalue weighted by Gasteiger charge is -2.18. The minimum Gasteiger partial charge on any atom is -0.464 e. The first-order valence-electron chi connectivity index (χ1n) is 4.22. The Balaban J connectivity index is 2.40. The number of rotatable bonds is 1. The van der Waals surface area contributed by atoms with Crippen LogP contribution in [-0.4, -0.2) is 29.9 Å². The predicted octanol–water partition coefficient (Wildman–Crippen LogP) is -0.274. The van der Waals surface area contributed by atoms with E-state index in [2.05, 4.69) is 14.9 Å². The molecule has 1 unspecified atom stereocenters. The van der Waals surface area contributed by atoms with Gasteiger partial charge in [-0.2, -0.15) is 5.10 Å². The molecule has 76 valence electrons. The van der Waals surface area contributed by atoms with Gasteiger partial charge >= 0.3 is 5.97 Å². The van der Waals surface area contributed by atoms with Crippen LogP contribution in [0.15, 0.2) is 0 Å². The molecule has 1 atom stereocenters. The number of nitrogens with zero attached hydrogens (tertiary/aromatic N) is 1. The number of nitrogens with two attached hydrogens (primary N) is 1. The third-order valence-corrected chi connectivity index (χ3v) is 2.19. The van der Waals surface area contributed by atoms with Crippen LogP contribution in [0.4, 0.5) is 0 Å². The zero-order chi connectivity index (χ0) is 10.1. The number of carbonyl (C=O) groups is 1. The number of methoxy groups -OCH3 is 1. The number of nitrogens with one attached hydrogen (secondary N) is 1. The highest BCUT2D eigenvalue weighted by atomic mass is 16.5. The Bertz CT molecular complexity index is 361. The Morgan fingerprint density at radius 1 is 1.79 bits per heavy atom. The van der Waals surface area contributed by atoms with Crippen molar-refractivity contribution in [2.24, 2.45) is 5.73 Å². The summed E-state index contributed by atoms with van der Waals surface area (Å²) in [7, 11) is 1.31. The van der Waals surface area contributed by atoms with E-state index in [-0.39, 0.29) is 11.7 Å². The van der Waals surface area contributed by atoms with Gasteiger partial charge in [0.1, 0.15) is 0 Å². The van der Waals surface area contributed by atoms with E-state index < -0.39 is 5.97 Å². The van der Waals surface area contributed by atoms with Gasteiger partial charge in [-0.3, -0.25) is 5.10 Å². The van der Waals surface area contributed by atoms with Gasteiger partial charge in [-0.1, -0.05) is 0 Å². The van der Waals surface area contributed by atoms with Gasteiger partial charge in [0.2, 0.25) is 0 Å². The lowest BCUT2D eigenvalue weighted by atomic mass is 10.1. The topological polar surface area (TPSA) is 90.2 Å². The lowest BCUT2D eigenvalue weighted by molar-refractivity contribution is 0.0578. The van der Waals surface area contributed by atoms with Gasteiger partial charge in [0.15, 0.2) is 5.69 Å². The molecular formula is C8H11N3O3. The van der Waals surface area contributed by atoms with Gasteiger partial charge < -0.3 is 15.2 Å². The van der Waals surface area contributed by atoms with E-state index >= 15 is 0 Å². The van der Waals surface area contributed by atoms with Crippen molar-refractivity contribution < 1.29 is 14.3 Å². The predicted molar refractivity (Wildman–Crippen MR) is 46.5 cm³/mol. The van der Waals surface area contributed by atoms with E-state index in [9.17, 15) is 4.79 Å². The van der Waals surface area contributed by atoms with Crippen molar-refractivity contribution in [1.82, 2.24) is 10.2 Å². The minimum atomic E-state index is -0.472. The summed E-state index contributed by atoms with van der Waals surface area (Å²) in [4.78, 5) is 11.3. The molecule has 0 bridgehead atoms. The number of carbonyl (C=O) groups excluding carboxylic acids is 1. The fourth-order valence-electron chi connectivity index (χ4n) is 1.47. The molecule has 1 aromatic heterocycles. The summed E-state index contributed by atoms with van der Waals surface area (Å²) in [5.74, 6) is -0.472. The third kappa shape index (κ3) is 1.28. The normalized spacial score (nSPS) is 20.3. The molecular weight excluding hydrogens is 186 g/mol. The van der Waals surface area contributed by atoms with Crippen LogP contribution in [0.25, 0.3) is 0 Å². The molecule has 3 N–H and O–H groups in total. The lowest BCUT2D eigenvalue weighted by Crippen LogP contribution is -2.24. The van der Waals surface area contributed by atoms with E-state index in [1.807, 2.05) is 0 Å². The van der Waals surface area contributed by atoms with Crippen LogP contribution in [-0.2, 0) is 16.1 Å².